The summed E-state index contributed by atoms with van der Waals surface area (Å²) >= 11 is 0. The number of ether oxygens (including phenoxy) is 3. The van der Waals surface area contributed by atoms with Gasteiger partial charge in [0.1, 0.15) is 11.5 Å². The van der Waals surface area contributed by atoms with Gasteiger partial charge in [-0.1, -0.05) is 71.1 Å². The fourth-order valence-corrected chi connectivity index (χ4v) is 5.76. The first-order valence-corrected chi connectivity index (χ1v) is 14.2. The molecule has 0 N–H and O–H groups in total. The van der Waals surface area contributed by atoms with Gasteiger partial charge in [-0.3, -0.25) is 4.79 Å². The summed E-state index contributed by atoms with van der Waals surface area (Å²) in [6.45, 7) is 12.2. The van der Waals surface area contributed by atoms with E-state index in [1.807, 2.05) is 45.0 Å². The Hall–Kier alpha value is -1.55. The second-order valence-electron chi connectivity index (χ2n) is 12.6. The van der Waals surface area contributed by atoms with Crippen LogP contribution in [0.15, 0.2) is 24.3 Å². The molecule has 1 unspecified atom stereocenters. The zero-order valence-corrected chi connectivity index (χ0v) is 23.2. The van der Waals surface area contributed by atoms with Crippen molar-refractivity contribution in [3.8, 4) is 11.5 Å². The van der Waals surface area contributed by atoms with Crippen LogP contribution in [-0.4, -0.2) is 17.9 Å². The van der Waals surface area contributed by atoms with Gasteiger partial charge in [-0.25, -0.2) is 0 Å². The fourth-order valence-electron chi connectivity index (χ4n) is 5.76. The molecule has 0 spiro atoms. The Bertz CT molecular complexity index is 746. The first-order chi connectivity index (χ1) is 16.6. The van der Waals surface area contributed by atoms with Crippen molar-refractivity contribution in [3.63, 3.8) is 0 Å². The quantitative estimate of drug-likeness (QED) is 0.188. The monoisotopic (exact) mass is 486 g/mol. The summed E-state index contributed by atoms with van der Waals surface area (Å²) in [7, 11) is 0. The van der Waals surface area contributed by atoms with Crippen LogP contribution >= 0.6 is 0 Å². The van der Waals surface area contributed by atoms with E-state index in [1.54, 1.807) is 0 Å². The highest BCUT2D eigenvalue weighted by Gasteiger charge is 2.35. The van der Waals surface area contributed by atoms with Gasteiger partial charge in [0, 0.05) is 6.42 Å². The summed E-state index contributed by atoms with van der Waals surface area (Å²) in [4.78, 5) is 12.4. The zero-order valence-electron chi connectivity index (χ0n) is 23.2. The molecule has 0 aliphatic heterocycles. The summed E-state index contributed by atoms with van der Waals surface area (Å²) in [5.74, 6) is 3.37. The van der Waals surface area contributed by atoms with E-state index in [9.17, 15) is 4.79 Å². The molecule has 0 heterocycles. The van der Waals surface area contributed by atoms with Crippen LogP contribution in [0, 0.1) is 23.2 Å². The highest BCUT2D eigenvalue weighted by atomic mass is 16.7. The van der Waals surface area contributed by atoms with Crippen LogP contribution < -0.4 is 9.47 Å². The van der Waals surface area contributed by atoms with Gasteiger partial charge in [0.15, 0.2) is 0 Å². The Labute approximate surface area is 214 Å². The average molecular weight is 487 g/mol. The Morgan fingerprint density at radius 2 is 1.31 bits per heavy atom. The van der Waals surface area contributed by atoms with Crippen LogP contribution in [0.2, 0.25) is 0 Å². The van der Waals surface area contributed by atoms with E-state index in [1.165, 1.54) is 64.2 Å². The minimum atomic E-state index is -0.492. The van der Waals surface area contributed by atoms with Crippen molar-refractivity contribution in [2.75, 3.05) is 0 Å². The number of hydrogen-bond donors (Lipinski definition) is 0. The molecule has 2 fully saturated rings. The maximum absolute atomic E-state index is 12.4. The van der Waals surface area contributed by atoms with E-state index >= 15 is 0 Å². The number of carbonyl (C=O) groups is 1. The molecule has 0 radical (unpaired) electrons. The van der Waals surface area contributed by atoms with Crippen molar-refractivity contribution in [1.82, 2.24) is 0 Å². The van der Waals surface area contributed by atoms with Crippen LogP contribution in [0.5, 0.6) is 11.5 Å². The van der Waals surface area contributed by atoms with E-state index in [0.29, 0.717) is 11.7 Å². The van der Waals surface area contributed by atoms with Gasteiger partial charge in [0.05, 0.1) is 11.0 Å². The molecule has 35 heavy (non-hydrogen) atoms. The van der Waals surface area contributed by atoms with E-state index in [4.69, 9.17) is 14.2 Å². The highest BCUT2D eigenvalue weighted by Crippen LogP contribution is 2.43. The molecule has 0 aromatic heterocycles. The fraction of sp³-hybridized carbons (Fsp3) is 0.774. The van der Waals surface area contributed by atoms with Gasteiger partial charge in [0.2, 0.25) is 6.29 Å². The molecule has 2 aliphatic rings. The molecule has 2 saturated carbocycles. The lowest BCUT2D eigenvalue weighted by atomic mass is 9.68. The molecule has 1 aromatic carbocycles. The van der Waals surface area contributed by atoms with Crippen molar-refractivity contribution >= 4 is 5.97 Å². The van der Waals surface area contributed by atoms with Gasteiger partial charge in [-0.2, -0.15) is 0 Å². The normalized spacial score (nSPS) is 19.5. The first-order valence-electron chi connectivity index (χ1n) is 14.2. The Morgan fingerprint density at radius 3 is 1.77 bits per heavy atom. The average Bonchev–Trinajstić information content (AvgIpc) is 2.83. The smallest absolute Gasteiger partial charge is 0.316 e. The van der Waals surface area contributed by atoms with Crippen LogP contribution in [0.3, 0.4) is 0 Å². The Kier molecular flexibility index (Phi) is 10.1. The molecule has 1 aromatic rings. The van der Waals surface area contributed by atoms with Gasteiger partial charge in [-0.15, -0.1) is 0 Å². The topological polar surface area (TPSA) is 44.8 Å². The van der Waals surface area contributed by atoms with Crippen LogP contribution in [0.25, 0.3) is 0 Å². The van der Waals surface area contributed by atoms with Gasteiger partial charge in [-0.05, 0) is 83.1 Å². The van der Waals surface area contributed by atoms with Crippen molar-refractivity contribution < 1.29 is 19.0 Å². The van der Waals surface area contributed by atoms with Crippen LogP contribution in [-0.2, 0) is 9.53 Å². The van der Waals surface area contributed by atoms with E-state index < -0.39 is 5.41 Å². The molecule has 3 rings (SSSR count). The highest BCUT2D eigenvalue weighted by molar-refractivity contribution is 5.78. The molecule has 2 aliphatic carbocycles. The standard InChI is InChI=1S/C31H50O4/c1-7-31(5,6)29(32)34-26-20-18-25(19-21-26)33-28(35-30(2,3)4)22-27(23-14-10-8-11-15-23)24-16-12-9-13-17-24/h18-21,23-24,27-28H,7-17,22H2,1-6H3. The van der Waals surface area contributed by atoms with E-state index in [0.717, 1.165) is 30.4 Å². The minimum Gasteiger partial charge on any atom is -0.465 e. The summed E-state index contributed by atoms with van der Waals surface area (Å²) in [6, 6.07) is 7.45. The lowest BCUT2D eigenvalue weighted by Gasteiger charge is -2.40. The third kappa shape index (κ3) is 8.81. The number of esters is 1. The third-order valence-electron chi connectivity index (χ3n) is 8.20. The van der Waals surface area contributed by atoms with Gasteiger partial charge in [0.25, 0.3) is 0 Å². The number of rotatable bonds is 10. The first kappa shape index (κ1) is 28.0. The maximum Gasteiger partial charge on any atom is 0.316 e. The van der Waals surface area contributed by atoms with E-state index in [-0.39, 0.29) is 17.9 Å². The van der Waals surface area contributed by atoms with Gasteiger partial charge >= 0.3 is 5.97 Å². The summed E-state index contributed by atoms with van der Waals surface area (Å²) in [5.41, 5.74) is -0.774. The second-order valence-corrected chi connectivity index (χ2v) is 12.6. The van der Waals surface area contributed by atoms with Crippen molar-refractivity contribution in [2.45, 2.75) is 130 Å². The molecule has 1 atom stereocenters. The molecule has 0 saturated heterocycles. The SMILES string of the molecule is CCC(C)(C)C(=O)Oc1ccc(OC(CC(C2CCCCC2)C2CCCCC2)OC(C)(C)C)cc1. The minimum absolute atomic E-state index is 0.203. The lowest BCUT2D eigenvalue weighted by molar-refractivity contribution is -0.165. The predicted molar refractivity (Wildman–Crippen MR) is 143 cm³/mol. The summed E-state index contributed by atoms with van der Waals surface area (Å²) in [5, 5.41) is 0. The summed E-state index contributed by atoms with van der Waals surface area (Å²) in [6.07, 6.45) is 15.1. The third-order valence-corrected chi connectivity index (χ3v) is 8.20. The number of carbonyl (C=O) groups excluding carboxylic acids is 1. The molecule has 0 amide bonds. The molecule has 4 nitrogen and oxygen atoms in total. The lowest BCUT2D eigenvalue weighted by Crippen LogP contribution is -2.37. The van der Waals surface area contributed by atoms with E-state index in [2.05, 4.69) is 20.8 Å². The summed E-state index contributed by atoms with van der Waals surface area (Å²) < 4.78 is 18.6. The molecule has 198 valence electrons. The second kappa shape index (κ2) is 12.6. The molecule has 4 heteroatoms. The molecular weight excluding hydrogens is 436 g/mol. The Balaban J connectivity index is 1.72. The largest absolute Gasteiger partial charge is 0.465 e. The Morgan fingerprint density at radius 1 is 0.829 bits per heavy atom. The number of hydrogen-bond acceptors (Lipinski definition) is 4. The van der Waals surface area contributed by atoms with Crippen molar-refractivity contribution in [1.29, 1.82) is 0 Å². The maximum atomic E-state index is 12.4. The van der Waals surface area contributed by atoms with Crippen molar-refractivity contribution in [2.24, 2.45) is 23.2 Å². The molecular formula is C31H50O4. The molecule has 0 bridgehead atoms. The predicted octanol–water partition coefficient (Wildman–Crippen LogP) is 8.72. The van der Waals surface area contributed by atoms with Crippen molar-refractivity contribution in [3.05, 3.63) is 24.3 Å². The number of benzene rings is 1. The zero-order chi connectivity index (χ0) is 25.5. The van der Waals surface area contributed by atoms with Crippen LogP contribution in [0.1, 0.15) is 119 Å². The van der Waals surface area contributed by atoms with Gasteiger partial charge < -0.3 is 14.2 Å². The van der Waals surface area contributed by atoms with Crippen LogP contribution in [0.4, 0.5) is 0 Å².